The molecule has 5 nitrogen and oxygen atoms in total. The number of amides is 1. The Morgan fingerprint density at radius 1 is 1.10 bits per heavy atom. The Labute approximate surface area is 177 Å². The Bertz CT molecular complexity index is 1020. The van der Waals surface area contributed by atoms with Gasteiger partial charge in [0.05, 0.1) is 10.5 Å². The summed E-state index contributed by atoms with van der Waals surface area (Å²) >= 11 is 6.07. The lowest BCUT2D eigenvalue weighted by atomic mass is 9.97. The molecule has 0 aromatic heterocycles. The summed E-state index contributed by atoms with van der Waals surface area (Å²) in [7, 11) is -4.07. The van der Waals surface area contributed by atoms with Crippen molar-refractivity contribution in [3.05, 3.63) is 64.7 Å². The van der Waals surface area contributed by atoms with Crippen molar-refractivity contribution < 1.29 is 26.4 Å². The topological polar surface area (TPSA) is 66.5 Å². The maximum atomic E-state index is 12.9. The highest BCUT2D eigenvalue weighted by Gasteiger charge is 2.35. The van der Waals surface area contributed by atoms with Gasteiger partial charge in [-0.25, -0.2) is 8.42 Å². The third-order valence-corrected chi connectivity index (χ3v) is 7.30. The first kappa shape index (κ1) is 22.6. The van der Waals surface area contributed by atoms with Crippen molar-refractivity contribution in [1.82, 2.24) is 9.62 Å². The molecule has 30 heavy (non-hydrogen) atoms. The van der Waals surface area contributed by atoms with Gasteiger partial charge >= 0.3 is 6.18 Å². The fourth-order valence-electron chi connectivity index (χ4n) is 3.31. The summed E-state index contributed by atoms with van der Waals surface area (Å²) in [6.07, 6.45) is -4.06. The molecule has 0 aliphatic carbocycles. The van der Waals surface area contributed by atoms with Crippen LogP contribution in [-0.2, 0) is 27.5 Å². The lowest BCUT2D eigenvalue weighted by Gasteiger charge is -2.30. The number of halogens is 4. The van der Waals surface area contributed by atoms with Crippen molar-refractivity contribution in [2.24, 2.45) is 5.92 Å². The van der Waals surface area contributed by atoms with Crippen LogP contribution in [0.4, 0.5) is 13.2 Å². The van der Waals surface area contributed by atoms with Gasteiger partial charge in [-0.1, -0.05) is 35.9 Å². The van der Waals surface area contributed by atoms with Gasteiger partial charge in [0, 0.05) is 30.6 Å². The largest absolute Gasteiger partial charge is 0.416 e. The number of rotatable bonds is 5. The van der Waals surface area contributed by atoms with Gasteiger partial charge in [0.2, 0.25) is 15.9 Å². The standard InChI is InChI=1S/C20H20ClF3N2O3S/c21-18-7-2-1-4-15(18)13-25-19(27)14-8-10-26(11-9-14)30(28,29)17-6-3-5-16(12-17)20(22,23)24/h1-7,12,14H,8-11,13H2,(H,25,27). The molecule has 10 heteroatoms. The molecule has 1 N–H and O–H groups in total. The Morgan fingerprint density at radius 2 is 1.77 bits per heavy atom. The van der Waals surface area contributed by atoms with E-state index < -0.39 is 26.7 Å². The minimum absolute atomic E-state index is 0.0583. The predicted octanol–water partition coefficient (Wildman–Crippen LogP) is 4.08. The molecule has 162 valence electrons. The van der Waals surface area contributed by atoms with Crippen LogP contribution in [0, 0.1) is 5.92 Å². The van der Waals surface area contributed by atoms with Gasteiger partial charge in [-0.05, 0) is 42.7 Å². The number of nitrogens with zero attached hydrogens (tertiary/aromatic N) is 1. The molecule has 0 unspecified atom stereocenters. The van der Waals surface area contributed by atoms with Gasteiger partial charge in [0.15, 0.2) is 0 Å². The highest BCUT2D eigenvalue weighted by Crippen LogP contribution is 2.32. The molecule has 1 aliphatic heterocycles. The summed E-state index contributed by atoms with van der Waals surface area (Å²) in [4.78, 5) is 12.0. The maximum absolute atomic E-state index is 12.9. The normalized spacial score (nSPS) is 16.4. The van der Waals surface area contributed by atoms with E-state index in [1.807, 2.05) is 6.07 Å². The number of piperidine rings is 1. The Kier molecular flexibility index (Phi) is 6.74. The molecule has 1 aliphatic rings. The van der Waals surface area contributed by atoms with Crippen LogP contribution in [0.2, 0.25) is 5.02 Å². The second-order valence-electron chi connectivity index (χ2n) is 7.01. The second kappa shape index (κ2) is 8.95. The quantitative estimate of drug-likeness (QED) is 0.731. The first-order valence-corrected chi connectivity index (χ1v) is 11.1. The van der Waals surface area contributed by atoms with Crippen molar-refractivity contribution in [3.63, 3.8) is 0 Å². The minimum atomic E-state index is -4.63. The zero-order valence-electron chi connectivity index (χ0n) is 15.8. The average Bonchev–Trinajstić information content (AvgIpc) is 2.72. The van der Waals surface area contributed by atoms with Crippen LogP contribution in [0.1, 0.15) is 24.0 Å². The van der Waals surface area contributed by atoms with Gasteiger partial charge in [0.1, 0.15) is 0 Å². The number of sulfonamides is 1. The van der Waals surface area contributed by atoms with E-state index in [2.05, 4.69) is 5.32 Å². The smallest absolute Gasteiger partial charge is 0.352 e. The third-order valence-electron chi connectivity index (χ3n) is 5.03. The highest BCUT2D eigenvalue weighted by molar-refractivity contribution is 7.89. The summed E-state index contributed by atoms with van der Waals surface area (Å²) < 4.78 is 65.3. The van der Waals surface area contributed by atoms with E-state index >= 15 is 0 Å². The molecule has 0 spiro atoms. The van der Waals surface area contributed by atoms with Gasteiger partial charge in [-0.2, -0.15) is 17.5 Å². The fraction of sp³-hybridized carbons (Fsp3) is 0.350. The molecule has 0 radical (unpaired) electrons. The molecule has 1 saturated heterocycles. The number of carbonyl (C=O) groups excluding carboxylic acids is 1. The molecule has 0 atom stereocenters. The molecule has 1 heterocycles. The van der Waals surface area contributed by atoms with E-state index in [1.165, 1.54) is 0 Å². The van der Waals surface area contributed by atoms with Gasteiger partial charge in [-0.3, -0.25) is 4.79 Å². The average molecular weight is 461 g/mol. The lowest BCUT2D eigenvalue weighted by molar-refractivity contribution is -0.137. The first-order chi connectivity index (χ1) is 14.1. The lowest BCUT2D eigenvalue weighted by Crippen LogP contribution is -2.42. The van der Waals surface area contributed by atoms with Crippen LogP contribution in [-0.4, -0.2) is 31.7 Å². The molecule has 1 amide bonds. The minimum Gasteiger partial charge on any atom is -0.352 e. The van der Waals surface area contributed by atoms with Gasteiger partial charge in [0.25, 0.3) is 0 Å². The molecule has 1 fully saturated rings. The van der Waals surface area contributed by atoms with Crippen molar-refractivity contribution >= 4 is 27.5 Å². The second-order valence-corrected chi connectivity index (χ2v) is 9.36. The van der Waals surface area contributed by atoms with Crippen molar-refractivity contribution in [3.8, 4) is 0 Å². The van der Waals surface area contributed by atoms with E-state index in [4.69, 9.17) is 11.6 Å². The third kappa shape index (κ3) is 5.14. The SMILES string of the molecule is O=C(NCc1ccccc1Cl)C1CCN(S(=O)(=O)c2cccc(C(F)(F)F)c2)CC1. The summed E-state index contributed by atoms with van der Waals surface area (Å²) in [6.45, 7) is 0.382. The van der Waals surface area contributed by atoms with Crippen LogP contribution in [0.5, 0.6) is 0 Å². The van der Waals surface area contributed by atoms with Crippen molar-refractivity contribution in [2.75, 3.05) is 13.1 Å². The number of hydrogen-bond donors (Lipinski definition) is 1. The fourth-order valence-corrected chi connectivity index (χ4v) is 5.03. The molecular weight excluding hydrogens is 441 g/mol. The highest BCUT2D eigenvalue weighted by atomic mass is 35.5. The summed E-state index contributed by atoms with van der Waals surface area (Å²) in [6, 6.07) is 10.8. The van der Waals surface area contributed by atoms with E-state index in [9.17, 15) is 26.4 Å². The molecule has 2 aromatic carbocycles. The van der Waals surface area contributed by atoms with Crippen LogP contribution < -0.4 is 5.32 Å². The monoisotopic (exact) mass is 460 g/mol. The van der Waals surface area contributed by atoms with Crippen molar-refractivity contribution in [1.29, 1.82) is 0 Å². The van der Waals surface area contributed by atoms with Gasteiger partial charge in [-0.15, -0.1) is 0 Å². The zero-order chi connectivity index (χ0) is 21.9. The Morgan fingerprint density at radius 3 is 2.40 bits per heavy atom. The molecule has 3 rings (SSSR count). The summed E-state index contributed by atoms with van der Waals surface area (Å²) in [5.74, 6) is -0.577. The number of alkyl halides is 3. The Balaban J connectivity index is 1.61. The van der Waals surface area contributed by atoms with Gasteiger partial charge < -0.3 is 5.32 Å². The molecular formula is C20H20ClF3N2O3S. The first-order valence-electron chi connectivity index (χ1n) is 9.27. The van der Waals surface area contributed by atoms with E-state index in [0.717, 1.165) is 28.1 Å². The number of hydrogen-bond acceptors (Lipinski definition) is 3. The van der Waals surface area contributed by atoms with Crippen LogP contribution in [0.3, 0.4) is 0 Å². The predicted molar refractivity (Wildman–Crippen MR) is 106 cm³/mol. The van der Waals surface area contributed by atoms with E-state index in [-0.39, 0.29) is 44.3 Å². The molecule has 2 aromatic rings. The van der Waals surface area contributed by atoms with E-state index in [1.54, 1.807) is 18.2 Å². The van der Waals surface area contributed by atoms with Crippen LogP contribution in [0.25, 0.3) is 0 Å². The number of carbonyl (C=O) groups is 1. The number of benzene rings is 2. The van der Waals surface area contributed by atoms with Crippen LogP contribution >= 0.6 is 11.6 Å². The zero-order valence-corrected chi connectivity index (χ0v) is 17.4. The Hall–Kier alpha value is -2.10. The number of nitrogens with one attached hydrogen (secondary N) is 1. The van der Waals surface area contributed by atoms with Crippen LogP contribution in [0.15, 0.2) is 53.4 Å². The summed E-state index contributed by atoms with van der Waals surface area (Å²) in [5.41, 5.74) is -0.241. The summed E-state index contributed by atoms with van der Waals surface area (Å²) in [5, 5.41) is 3.34. The molecule has 0 bridgehead atoms. The molecule has 0 saturated carbocycles. The maximum Gasteiger partial charge on any atom is 0.416 e. The van der Waals surface area contributed by atoms with Crippen molar-refractivity contribution in [2.45, 2.75) is 30.5 Å². The van der Waals surface area contributed by atoms with E-state index in [0.29, 0.717) is 11.1 Å².